The van der Waals surface area contributed by atoms with Crippen LogP contribution in [0.3, 0.4) is 0 Å². The third-order valence-corrected chi connectivity index (χ3v) is 23.9. The van der Waals surface area contributed by atoms with Crippen LogP contribution >= 0.6 is 7.26 Å². The number of rotatable bonds is 9. The van der Waals surface area contributed by atoms with Crippen molar-refractivity contribution in [1.29, 1.82) is 5.26 Å². The van der Waals surface area contributed by atoms with Gasteiger partial charge in [-0.25, -0.2) is 4.74 Å². The summed E-state index contributed by atoms with van der Waals surface area (Å²) in [6.45, 7) is 23.9. The third kappa shape index (κ3) is 9.60. The predicted octanol–water partition coefficient (Wildman–Crippen LogP) is 13.2. The summed E-state index contributed by atoms with van der Waals surface area (Å²) in [5.41, 5.74) is 7.10. The Balaban J connectivity index is 1.24. The van der Waals surface area contributed by atoms with Crippen molar-refractivity contribution in [3.63, 3.8) is 0 Å². The van der Waals surface area contributed by atoms with E-state index in [9.17, 15) is 10.5 Å². The number of hydroxylamine groups is 3. The molecule has 0 spiro atoms. The molecule has 5 nitrogen and oxygen atoms in total. The van der Waals surface area contributed by atoms with Gasteiger partial charge in [-0.15, -0.1) is 5.06 Å². The van der Waals surface area contributed by atoms with Crippen molar-refractivity contribution in [2.24, 2.45) is 0 Å². The van der Waals surface area contributed by atoms with Crippen molar-refractivity contribution < 1.29 is 9.58 Å². The third-order valence-electron chi connectivity index (χ3n) is 14.0. The Kier molecular flexibility index (Phi) is 13.5. The second kappa shape index (κ2) is 19.1. The molecule has 5 aromatic rings. The zero-order valence-corrected chi connectivity index (χ0v) is 44.0. The fourth-order valence-electron chi connectivity index (χ4n) is 9.43. The quantitative estimate of drug-likeness (QED) is 0.0275. The minimum atomic E-state index is -2.45. The Morgan fingerprint density at radius 3 is 1.64 bits per heavy atom. The SMILES string of the molecule is CC(C)(C)N1OC(c2cccc(C#Cc3cccc(C[P+](c4ccccc4)(c4ccccc4)c4ccccc4)c3)c2)=C(C#N)C1c1c2cccccc-2c(/C=[N+](\[O-])C(C)(C)C)c1[Si](C)(C)C(C)(C)C. The fraction of sp³-hybridized carbons (Fsp3) is 0.258. The van der Waals surface area contributed by atoms with Crippen LogP contribution in [0, 0.1) is 28.4 Å². The van der Waals surface area contributed by atoms with E-state index in [0.717, 1.165) is 49.8 Å². The van der Waals surface area contributed by atoms with Gasteiger partial charge in [0, 0.05) is 48.6 Å². The molecule has 0 bridgehead atoms. The standard InChI is InChI=1S/C62H65N3O2PSi/c1-60(2,3)64(66)43-55-52-36-22-15-23-37-53(52)56(59(55)69(10,11)62(7,8)9)57-54(42-63)58(67-65(57)61(4,5)6)48-29-25-27-46(41-48)39-38-45-26-24-28-47(40-45)44-68(49-30-16-12-17-31-49,50-32-18-13-19-33-50)51-34-20-14-21-35-51/h12-37,40-41,43,57H,44H2,1-11H3/q+1/b64-43-. The lowest BCUT2D eigenvalue weighted by Crippen LogP contribution is -2.53. The van der Waals surface area contributed by atoms with Gasteiger partial charge in [0.15, 0.2) is 17.5 Å². The molecule has 3 aliphatic rings. The first kappa shape index (κ1) is 48.9. The normalized spacial score (nSPS) is 15.1. The second-order valence-electron chi connectivity index (χ2n) is 21.8. The second-order valence-corrected chi connectivity index (χ2v) is 30.5. The Morgan fingerprint density at radius 2 is 1.14 bits per heavy atom. The van der Waals surface area contributed by atoms with Crippen LogP contribution in [0.15, 0.2) is 175 Å². The highest BCUT2D eigenvalue weighted by Gasteiger charge is 2.51. The monoisotopic (exact) mass is 942 g/mol. The number of nitriles is 1. The Labute approximate surface area is 413 Å². The van der Waals surface area contributed by atoms with E-state index in [1.165, 1.54) is 26.7 Å². The van der Waals surface area contributed by atoms with Crippen LogP contribution in [0.1, 0.15) is 102 Å². The van der Waals surface area contributed by atoms with Crippen LogP contribution in [0.4, 0.5) is 0 Å². The molecule has 0 saturated heterocycles. The van der Waals surface area contributed by atoms with Crippen LogP contribution < -0.4 is 21.1 Å². The van der Waals surface area contributed by atoms with Crippen molar-refractivity contribution in [3.05, 3.63) is 214 Å². The van der Waals surface area contributed by atoms with Crippen molar-refractivity contribution in [3.8, 4) is 29.0 Å². The Bertz CT molecular complexity index is 3020. The number of nitrogens with zero attached hydrogens (tertiary/aromatic N) is 3. The molecule has 0 fully saturated rings. The van der Waals surface area contributed by atoms with Crippen LogP contribution in [0.5, 0.6) is 0 Å². The number of benzene rings is 5. The smallest absolute Gasteiger partial charge is 0.182 e. The van der Waals surface area contributed by atoms with E-state index in [0.29, 0.717) is 11.3 Å². The highest BCUT2D eigenvalue weighted by molar-refractivity contribution is 7.95. The van der Waals surface area contributed by atoms with Gasteiger partial charge in [0.25, 0.3) is 0 Å². The molecular formula is C62H65N3O2PSi+. The van der Waals surface area contributed by atoms with E-state index in [1.807, 2.05) is 62.2 Å². The Hall–Kier alpha value is -6.53. The molecule has 0 saturated carbocycles. The molecule has 8 rings (SSSR count). The van der Waals surface area contributed by atoms with E-state index < -0.39 is 32.5 Å². The lowest BCUT2D eigenvalue weighted by atomic mass is 9.92. The van der Waals surface area contributed by atoms with Gasteiger partial charge in [-0.1, -0.05) is 155 Å². The molecule has 5 aromatic carbocycles. The molecule has 1 aliphatic heterocycles. The van der Waals surface area contributed by atoms with Gasteiger partial charge in [-0.05, 0) is 114 Å². The lowest BCUT2D eigenvalue weighted by Gasteiger charge is -2.41. The largest absolute Gasteiger partial charge is 0.623 e. The summed E-state index contributed by atoms with van der Waals surface area (Å²) >= 11 is 0. The number of fused-ring (bicyclic) bond motifs is 1. The van der Waals surface area contributed by atoms with Gasteiger partial charge in [0.1, 0.15) is 35.3 Å². The van der Waals surface area contributed by atoms with Gasteiger partial charge in [-0.2, -0.15) is 5.26 Å². The highest BCUT2D eigenvalue weighted by Crippen LogP contribution is 2.58. The molecule has 1 atom stereocenters. The molecule has 1 heterocycles. The van der Waals surface area contributed by atoms with E-state index >= 15 is 0 Å². The minimum Gasteiger partial charge on any atom is -0.623 e. The average Bonchev–Trinajstić information content (AvgIpc) is 3.75. The molecule has 0 aromatic heterocycles. The summed E-state index contributed by atoms with van der Waals surface area (Å²) in [6.07, 6.45) is 2.66. The van der Waals surface area contributed by atoms with E-state index in [-0.39, 0.29) is 5.04 Å². The minimum absolute atomic E-state index is 0.0966. The predicted molar refractivity (Wildman–Crippen MR) is 294 cm³/mol. The molecule has 0 N–H and O–H groups in total. The molecule has 0 amide bonds. The van der Waals surface area contributed by atoms with Crippen molar-refractivity contribution >= 4 is 48.4 Å². The van der Waals surface area contributed by atoms with Crippen molar-refractivity contribution in [2.45, 2.75) is 104 Å². The van der Waals surface area contributed by atoms with Crippen LogP contribution in [-0.4, -0.2) is 35.2 Å². The first-order chi connectivity index (χ1) is 32.8. The van der Waals surface area contributed by atoms with Gasteiger partial charge in [0.05, 0.1) is 19.8 Å². The average molecular weight is 943 g/mol. The molecular weight excluding hydrogens is 878 g/mol. The maximum atomic E-state index is 14.0. The molecule has 348 valence electrons. The highest BCUT2D eigenvalue weighted by atomic mass is 31.2. The van der Waals surface area contributed by atoms with Crippen LogP contribution in [0.25, 0.3) is 16.9 Å². The Morgan fingerprint density at radius 1 is 0.652 bits per heavy atom. The van der Waals surface area contributed by atoms with Crippen molar-refractivity contribution in [2.75, 3.05) is 0 Å². The first-order valence-electron chi connectivity index (χ1n) is 24.0. The maximum absolute atomic E-state index is 14.0. The lowest BCUT2D eigenvalue weighted by molar-refractivity contribution is -0.530. The molecule has 2 aliphatic carbocycles. The van der Waals surface area contributed by atoms with Gasteiger partial charge >= 0.3 is 0 Å². The molecule has 1 unspecified atom stereocenters. The van der Waals surface area contributed by atoms with Crippen LogP contribution in [0.2, 0.25) is 18.1 Å². The summed E-state index contributed by atoms with van der Waals surface area (Å²) in [4.78, 5) is 7.02. The fourth-order valence-corrected chi connectivity index (χ4v) is 16.2. The van der Waals surface area contributed by atoms with Gasteiger partial charge in [0.2, 0.25) is 0 Å². The van der Waals surface area contributed by atoms with Crippen molar-refractivity contribution in [1.82, 2.24) is 5.06 Å². The molecule has 7 heteroatoms. The number of hydrogen-bond acceptors (Lipinski definition) is 4. The summed E-state index contributed by atoms with van der Waals surface area (Å²) in [7, 11) is -4.56. The topological polar surface area (TPSA) is 62.3 Å². The van der Waals surface area contributed by atoms with E-state index in [4.69, 9.17) is 4.84 Å². The zero-order valence-electron chi connectivity index (χ0n) is 42.1. The maximum Gasteiger partial charge on any atom is 0.182 e. The number of hydrogen-bond donors (Lipinski definition) is 0. The van der Waals surface area contributed by atoms with E-state index in [1.54, 1.807) is 6.21 Å². The summed E-state index contributed by atoms with van der Waals surface area (Å²) in [5, 5.41) is 32.5. The summed E-state index contributed by atoms with van der Waals surface area (Å²) in [5.74, 6) is 7.52. The summed E-state index contributed by atoms with van der Waals surface area (Å²) < 4.78 is 1.09. The van der Waals surface area contributed by atoms with E-state index in [2.05, 4.69) is 206 Å². The molecule has 69 heavy (non-hydrogen) atoms. The van der Waals surface area contributed by atoms with Gasteiger partial charge < -0.3 is 10.0 Å². The zero-order chi connectivity index (χ0) is 49.4. The van der Waals surface area contributed by atoms with Gasteiger partial charge in [-0.3, -0.25) is 0 Å². The summed E-state index contributed by atoms with van der Waals surface area (Å²) in [6, 6.07) is 62.2. The van der Waals surface area contributed by atoms with Crippen LogP contribution in [-0.2, 0) is 11.0 Å². The first-order valence-corrected chi connectivity index (χ1v) is 29.0. The molecule has 0 radical (unpaired) electrons.